The van der Waals surface area contributed by atoms with E-state index < -0.39 is 5.54 Å². The quantitative estimate of drug-likeness (QED) is 0.734. The van der Waals surface area contributed by atoms with Crippen LogP contribution < -0.4 is 0 Å². The molecule has 0 spiro atoms. The third-order valence-electron chi connectivity index (χ3n) is 1.96. The number of hydrogen-bond acceptors (Lipinski definition) is 4. The van der Waals surface area contributed by atoms with Crippen LogP contribution in [0.3, 0.4) is 0 Å². The van der Waals surface area contributed by atoms with Gasteiger partial charge in [0.2, 0.25) is 0 Å². The molecule has 2 heterocycles. The van der Waals surface area contributed by atoms with Crippen molar-refractivity contribution >= 4 is 5.90 Å². The molecular formula is C9H11NO3. The van der Waals surface area contributed by atoms with Gasteiger partial charge in [-0.3, -0.25) is 0 Å². The molecule has 0 fully saturated rings. The van der Waals surface area contributed by atoms with Crippen LogP contribution in [-0.2, 0) is 4.74 Å². The van der Waals surface area contributed by atoms with Gasteiger partial charge in [-0.25, -0.2) is 4.99 Å². The van der Waals surface area contributed by atoms with Crippen LogP contribution in [-0.4, -0.2) is 29.8 Å². The second-order valence-corrected chi connectivity index (χ2v) is 3.34. The monoisotopic (exact) mass is 181 g/mol. The van der Waals surface area contributed by atoms with E-state index in [0.717, 1.165) is 0 Å². The highest BCUT2D eigenvalue weighted by molar-refractivity contribution is 5.92. The lowest BCUT2D eigenvalue weighted by molar-refractivity contribution is 0.169. The maximum atomic E-state index is 9.02. The number of rotatable bonds is 2. The Morgan fingerprint density at radius 1 is 1.69 bits per heavy atom. The Morgan fingerprint density at radius 2 is 2.54 bits per heavy atom. The van der Waals surface area contributed by atoms with Crippen LogP contribution in [0.2, 0.25) is 0 Å². The first-order valence-electron chi connectivity index (χ1n) is 4.11. The summed E-state index contributed by atoms with van der Waals surface area (Å²) in [5, 5.41) is 9.02. The van der Waals surface area contributed by atoms with Gasteiger partial charge >= 0.3 is 0 Å². The molecule has 1 atom stereocenters. The molecule has 0 amide bonds. The van der Waals surface area contributed by atoms with Gasteiger partial charge in [0, 0.05) is 0 Å². The Morgan fingerprint density at radius 3 is 3.08 bits per heavy atom. The summed E-state index contributed by atoms with van der Waals surface area (Å²) >= 11 is 0. The van der Waals surface area contributed by atoms with Gasteiger partial charge in [-0.15, -0.1) is 0 Å². The molecule has 0 radical (unpaired) electrons. The number of hydrogen-bond donors (Lipinski definition) is 1. The molecule has 13 heavy (non-hydrogen) atoms. The predicted molar refractivity (Wildman–Crippen MR) is 46.7 cm³/mol. The summed E-state index contributed by atoms with van der Waals surface area (Å²) in [6.45, 7) is 2.22. The van der Waals surface area contributed by atoms with Crippen molar-refractivity contribution in [2.75, 3.05) is 13.2 Å². The summed E-state index contributed by atoms with van der Waals surface area (Å²) in [5.41, 5.74) is -0.512. The molecule has 1 unspecified atom stereocenters. The van der Waals surface area contributed by atoms with E-state index in [-0.39, 0.29) is 6.61 Å². The molecule has 1 aromatic heterocycles. The van der Waals surface area contributed by atoms with Gasteiger partial charge in [0.25, 0.3) is 5.90 Å². The van der Waals surface area contributed by atoms with Gasteiger partial charge in [-0.1, -0.05) is 0 Å². The van der Waals surface area contributed by atoms with Crippen molar-refractivity contribution in [1.29, 1.82) is 0 Å². The third kappa shape index (κ3) is 1.45. The molecule has 1 aliphatic heterocycles. The summed E-state index contributed by atoms with van der Waals surface area (Å²) < 4.78 is 10.4. The molecule has 4 heteroatoms. The third-order valence-corrected chi connectivity index (χ3v) is 1.96. The molecule has 1 N–H and O–H groups in total. The largest absolute Gasteiger partial charge is 0.473 e. The standard InChI is InChI=1S/C9H11NO3/c1-9(5-11)6-13-8(10-9)7-3-2-4-12-7/h2-4,11H,5-6H2,1H3. The predicted octanol–water partition coefficient (Wildman–Crippen LogP) is 0.807. The summed E-state index contributed by atoms with van der Waals surface area (Å²) in [7, 11) is 0. The minimum atomic E-state index is -0.512. The van der Waals surface area contributed by atoms with Crippen LogP contribution in [0.5, 0.6) is 0 Å². The molecule has 0 bridgehead atoms. The van der Waals surface area contributed by atoms with E-state index in [1.165, 1.54) is 0 Å². The molecule has 1 aromatic rings. The molecule has 1 aliphatic rings. The van der Waals surface area contributed by atoms with E-state index in [1.54, 1.807) is 18.4 Å². The maximum absolute atomic E-state index is 9.02. The molecular weight excluding hydrogens is 170 g/mol. The Bertz CT molecular complexity index is 318. The van der Waals surface area contributed by atoms with Crippen molar-refractivity contribution in [3.05, 3.63) is 24.2 Å². The normalized spacial score (nSPS) is 27.1. The Labute approximate surface area is 75.8 Å². The average Bonchev–Trinajstić information content (AvgIpc) is 2.73. The number of furan rings is 1. The van der Waals surface area contributed by atoms with E-state index in [1.807, 2.05) is 6.92 Å². The number of aliphatic hydroxyl groups excluding tert-OH is 1. The Hall–Kier alpha value is -1.29. The second-order valence-electron chi connectivity index (χ2n) is 3.34. The zero-order valence-electron chi connectivity index (χ0n) is 7.36. The van der Waals surface area contributed by atoms with E-state index in [2.05, 4.69) is 4.99 Å². The maximum Gasteiger partial charge on any atom is 0.253 e. The highest BCUT2D eigenvalue weighted by Gasteiger charge is 2.32. The highest BCUT2D eigenvalue weighted by atomic mass is 16.5. The second kappa shape index (κ2) is 2.88. The van der Waals surface area contributed by atoms with Gasteiger partial charge in [0.05, 0.1) is 12.9 Å². The van der Waals surface area contributed by atoms with Gasteiger partial charge in [-0.05, 0) is 19.1 Å². The van der Waals surface area contributed by atoms with Crippen molar-refractivity contribution in [2.24, 2.45) is 4.99 Å². The van der Waals surface area contributed by atoms with Gasteiger partial charge in [-0.2, -0.15) is 0 Å². The molecule has 0 aliphatic carbocycles. The summed E-state index contributed by atoms with van der Waals surface area (Å²) in [6.07, 6.45) is 1.57. The van der Waals surface area contributed by atoms with Crippen LogP contribution in [0, 0.1) is 0 Å². The first-order chi connectivity index (χ1) is 6.23. The zero-order valence-corrected chi connectivity index (χ0v) is 7.36. The van der Waals surface area contributed by atoms with Crippen molar-refractivity contribution in [3.63, 3.8) is 0 Å². The minimum Gasteiger partial charge on any atom is -0.473 e. The lowest BCUT2D eigenvalue weighted by atomic mass is 10.1. The number of nitrogens with zero attached hydrogens (tertiary/aromatic N) is 1. The molecule has 0 saturated heterocycles. The Kier molecular flexibility index (Phi) is 1.84. The summed E-state index contributed by atoms with van der Waals surface area (Å²) in [6, 6.07) is 3.55. The fourth-order valence-corrected chi connectivity index (χ4v) is 1.14. The van der Waals surface area contributed by atoms with E-state index >= 15 is 0 Å². The number of aliphatic hydroxyl groups is 1. The molecule has 0 aromatic carbocycles. The van der Waals surface area contributed by atoms with Gasteiger partial charge in [0.1, 0.15) is 12.1 Å². The van der Waals surface area contributed by atoms with Crippen molar-refractivity contribution in [3.8, 4) is 0 Å². The highest BCUT2D eigenvalue weighted by Crippen LogP contribution is 2.20. The van der Waals surface area contributed by atoms with Crippen molar-refractivity contribution in [1.82, 2.24) is 0 Å². The first kappa shape index (κ1) is 8.31. The lowest BCUT2D eigenvalue weighted by Gasteiger charge is -2.12. The first-order valence-corrected chi connectivity index (χ1v) is 4.11. The molecule has 0 saturated carbocycles. The van der Waals surface area contributed by atoms with Crippen LogP contribution in [0.15, 0.2) is 27.8 Å². The SMILES string of the molecule is CC1(CO)COC(c2ccco2)=N1. The topological polar surface area (TPSA) is 55.0 Å². The number of ether oxygens (including phenoxy) is 1. The Balaban J connectivity index is 2.24. The summed E-state index contributed by atoms with van der Waals surface area (Å²) in [5.74, 6) is 1.08. The molecule has 4 nitrogen and oxygen atoms in total. The van der Waals surface area contributed by atoms with Gasteiger partial charge in [0.15, 0.2) is 5.76 Å². The van der Waals surface area contributed by atoms with E-state index in [4.69, 9.17) is 14.3 Å². The molecule has 70 valence electrons. The molecule has 2 rings (SSSR count). The van der Waals surface area contributed by atoms with Crippen LogP contribution in [0.25, 0.3) is 0 Å². The lowest BCUT2D eigenvalue weighted by Crippen LogP contribution is -2.28. The van der Waals surface area contributed by atoms with Crippen LogP contribution >= 0.6 is 0 Å². The van der Waals surface area contributed by atoms with E-state index in [9.17, 15) is 0 Å². The fraction of sp³-hybridized carbons (Fsp3) is 0.444. The minimum absolute atomic E-state index is 0.0167. The number of aliphatic imine (C=N–C) groups is 1. The van der Waals surface area contributed by atoms with Crippen molar-refractivity contribution < 1.29 is 14.3 Å². The van der Waals surface area contributed by atoms with Crippen molar-refractivity contribution in [2.45, 2.75) is 12.5 Å². The smallest absolute Gasteiger partial charge is 0.253 e. The van der Waals surface area contributed by atoms with E-state index in [0.29, 0.717) is 18.3 Å². The van der Waals surface area contributed by atoms with Crippen LogP contribution in [0.1, 0.15) is 12.7 Å². The fourth-order valence-electron chi connectivity index (χ4n) is 1.14. The average molecular weight is 181 g/mol. The summed E-state index contributed by atoms with van der Waals surface area (Å²) in [4.78, 5) is 4.23. The zero-order chi connectivity index (χ0) is 9.31. The van der Waals surface area contributed by atoms with Gasteiger partial charge < -0.3 is 14.3 Å². The van der Waals surface area contributed by atoms with Crippen LogP contribution in [0.4, 0.5) is 0 Å².